The maximum absolute atomic E-state index is 14.0. The van der Waals surface area contributed by atoms with E-state index in [1.54, 1.807) is 0 Å². The molecule has 122 valence electrons. The second kappa shape index (κ2) is 7.19. The van der Waals surface area contributed by atoms with Gasteiger partial charge in [0.15, 0.2) is 0 Å². The van der Waals surface area contributed by atoms with Gasteiger partial charge in [0.2, 0.25) is 10.0 Å². The highest BCUT2D eigenvalue weighted by Crippen LogP contribution is 2.23. The number of rotatable bonds is 5. The number of hydrogen-bond donors (Lipinski definition) is 1. The normalized spacial score (nSPS) is 16.5. The van der Waals surface area contributed by atoms with Crippen molar-refractivity contribution < 1.29 is 17.6 Å². The molecule has 1 aromatic carbocycles. The van der Waals surface area contributed by atoms with Crippen LogP contribution >= 0.6 is 0 Å². The lowest BCUT2D eigenvalue weighted by Crippen LogP contribution is -2.36. The summed E-state index contributed by atoms with van der Waals surface area (Å²) in [4.78, 5) is 11.5. The predicted molar refractivity (Wildman–Crippen MR) is 81.6 cm³/mol. The Labute approximate surface area is 130 Å². The Hall–Kier alpha value is -1.47. The lowest BCUT2D eigenvalue weighted by atomic mass is 10.2. The van der Waals surface area contributed by atoms with Gasteiger partial charge in [-0.1, -0.05) is 13.3 Å². The lowest BCUT2D eigenvalue weighted by Gasteiger charge is -2.26. The van der Waals surface area contributed by atoms with Gasteiger partial charge in [0, 0.05) is 25.2 Å². The van der Waals surface area contributed by atoms with E-state index in [4.69, 9.17) is 0 Å². The van der Waals surface area contributed by atoms with Crippen LogP contribution < -0.4 is 5.32 Å². The summed E-state index contributed by atoms with van der Waals surface area (Å²) in [5.74, 6) is -1.21. The Morgan fingerprint density at radius 2 is 1.95 bits per heavy atom. The predicted octanol–water partition coefficient (Wildman–Crippen LogP) is 2.14. The van der Waals surface area contributed by atoms with E-state index < -0.39 is 26.6 Å². The second-order valence-electron chi connectivity index (χ2n) is 5.37. The molecule has 2 rings (SSSR count). The first-order chi connectivity index (χ1) is 10.5. The average Bonchev–Trinajstić information content (AvgIpc) is 2.53. The minimum Gasteiger partial charge on any atom is -0.352 e. The first kappa shape index (κ1) is 16.9. The maximum Gasteiger partial charge on any atom is 0.251 e. The fraction of sp³-hybridized carbons (Fsp3) is 0.533. The first-order valence-corrected chi connectivity index (χ1v) is 8.98. The van der Waals surface area contributed by atoms with Crippen molar-refractivity contribution in [1.29, 1.82) is 0 Å². The van der Waals surface area contributed by atoms with Crippen LogP contribution in [0.2, 0.25) is 0 Å². The molecule has 0 aromatic heterocycles. The summed E-state index contributed by atoms with van der Waals surface area (Å²) in [5.41, 5.74) is 0.158. The molecule has 0 atom stereocenters. The smallest absolute Gasteiger partial charge is 0.251 e. The zero-order valence-corrected chi connectivity index (χ0v) is 13.5. The minimum absolute atomic E-state index is 0.158. The van der Waals surface area contributed by atoms with E-state index in [0.29, 0.717) is 19.6 Å². The molecule has 0 saturated carbocycles. The number of piperidine rings is 1. The van der Waals surface area contributed by atoms with Crippen LogP contribution in [-0.2, 0) is 10.0 Å². The van der Waals surface area contributed by atoms with Crippen LogP contribution in [0.5, 0.6) is 0 Å². The van der Waals surface area contributed by atoms with Crippen LogP contribution in [0.15, 0.2) is 23.1 Å². The maximum atomic E-state index is 14.0. The van der Waals surface area contributed by atoms with E-state index >= 15 is 0 Å². The largest absolute Gasteiger partial charge is 0.352 e. The number of sulfonamides is 1. The van der Waals surface area contributed by atoms with E-state index in [1.807, 2.05) is 6.92 Å². The Kier molecular flexibility index (Phi) is 5.52. The molecule has 0 spiro atoms. The summed E-state index contributed by atoms with van der Waals surface area (Å²) >= 11 is 0. The Morgan fingerprint density at radius 3 is 2.59 bits per heavy atom. The van der Waals surface area contributed by atoms with Gasteiger partial charge in [-0.25, -0.2) is 12.8 Å². The van der Waals surface area contributed by atoms with Crippen LogP contribution in [0.4, 0.5) is 4.39 Å². The van der Waals surface area contributed by atoms with Crippen molar-refractivity contribution in [3.05, 3.63) is 29.6 Å². The zero-order chi connectivity index (χ0) is 16.2. The minimum atomic E-state index is -3.89. The summed E-state index contributed by atoms with van der Waals surface area (Å²) in [6.07, 6.45) is 3.30. The van der Waals surface area contributed by atoms with Crippen LogP contribution in [0.25, 0.3) is 0 Å². The third kappa shape index (κ3) is 3.64. The van der Waals surface area contributed by atoms with Gasteiger partial charge in [-0.3, -0.25) is 4.79 Å². The molecule has 5 nitrogen and oxygen atoms in total. The second-order valence-corrected chi connectivity index (χ2v) is 7.27. The molecule has 1 fully saturated rings. The van der Waals surface area contributed by atoms with Gasteiger partial charge in [-0.15, -0.1) is 0 Å². The summed E-state index contributed by atoms with van der Waals surface area (Å²) in [6.45, 7) is 3.20. The Balaban J connectivity index is 2.31. The van der Waals surface area contributed by atoms with Crippen LogP contribution in [-0.4, -0.2) is 38.3 Å². The number of halogens is 1. The third-order valence-corrected chi connectivity index (χ3v) is 5.58. The molecule has 0 radical (unpaired) electrons. The van der Waals surface area contributed by atoms with Crippen molar-refractivity contribution in [2.75, 3.05) is 19.6 Å². The molecule has 1 N–H and O–H groups in total. The Morgan fingerprint density at radius 1 is 1.27 bits per heavy atom. The lowest BCUT2D eigenvalue weighted by molar-refractivity contribution is 0.0953. The number of nitrogens with zero attached hydrogens (tertiary/aromatic N) is 1. The number of carbonyl (C=O) groups excluding carboxylic acids is 1. The standard InChI is InChI=1S/C15H21FN2O3S/c1-2-8-17-15(19)12-6-7-13(16)14(11-12)22(20,21)18-9-4-3-5-10-18/h6-7,11H,2-5,8-10H2,1H3,(H,17,19). The number of carbonyl (C=O) groups is 1. The summed E-state index contributed by atoms with van der Waals surface area (Å²) in [5, 5.41) is 2.66. The molecule has 1 aromatic rings. The highest BCUT2D eigenvalue weighted by molar-refractivity contribution is 7.89. The van der Waals surface area contributed by atoms with Gasteiger partial charge >= 0.3 is 0 Å². The third-order valence-electron chi connectivity index (χ3n) is 3.66. The average molecular weight is 328 g/mol. The SMILES string of the molecule is CCCNC(=O)c1ccc(F)c(S(=O)(=O)N2CCCCC2)c1. The van der Waals surface area contributed by atoms with Gasteiger partial charge in [0.05, 0.1) is 0 Å². The monoisotopic (exact) mass is 328 g/mol. The first-order valence-electron chi connectivity index (χ1n) is 7.54. The van der Waals surface area contributed by atoms with Crippen molar-refractivity contribution >= 4 is 15.9 Å². The van der Waals surface area contributed by atoms with Gasteiger partial charge in [0.25, 0.3) is 5.91 Å². The van der Waals surface area contributed by atoms with Crippen molar-refractivity contribution in [3.63, 3.8) is 0 Å². The van der Waals surface area contributed by atoms with Gasteiger partial charge in [0.1, 0.15) is 10.7 Å². The van der Waals surface area contributed by atoms with E-state index in [9.17, 15) is 17.6 Å². The van der Waals surface area contributed by atoms with Gasteiger partial charge in [-0.2, -0.15) is 4.31 Å². The van der Waals surface area contributed by atoms with Crippen molar-refractivity contribution in [2.45, 2.75) is 37.5 Å². The Bertz CT molecular complexity index is 640. The molecule has 0 bridgehead atoms. The quantitative estimate of drug-likeness (QED) is 0.900. The summed E-state index contributed by atoms with van der Waals surface area (Å²) < 4.78 is 40.4. The highest BCUT2D eigenvalue weighted by Gasteiger charge is 2.29. The molecular weight excluding hydrogens is 307 g/mol. The van der Waals surface area contributed by atoms with Crippen LogP contribution in [0, 0.1) is 5.82 Å². The molecular formula is C15H21FN2O3S. The van der Waals surface area contributed by atoms with Crippen molar-refractivity contribution in [2.24, 2.45) is 0 Å². The topological polar surface area (TPSA) is 66.5 Å². The molecule has 1 heterocycles. The fourth-order valence-electron chi connectivity index (χ4n) is 2.43. The van der Waals surface area contributed by atoms with Gasteiger partial charge < -0.3 is 5.32 Å². The summed E-state index contributed by atoms with van der Waals surface area (Å²) in [6, 6.07) is 3.47. The van der Waals surface area contributed by atoms with E-state index in [2.05, 4.69) is 5.32 Å². The number of amides is 1. The van der Waals surface area contributed by atoms with Gasteiger partial charge in [-0.05, 0) is 37.5 Å². The van der Waals surface area contributed by atoms with Crippen LogP contribution in [0.3, 0.4) is 0 Å². The molecule has 1 saturated heterocycles. The molecule has 1 amide bonds. The fourth-order valence-corrected chi connectivity index (χ4v) is 4.03. The molecule has 0 aliphatic carbocycles. The molecule has 7 heteroatoms. The highest BCUT2D eigenvalue weighted by atomic mass is 32.2. The van der Waals surface area contributed by atoms with Crippen LogP contribution in [0.1, 0.15) is 43.0 Å². The molecule has 0 unspecified atom stereocenters. The van der Waals surface area contributed by atoms with E-state index in [-0.39, 0.29) is 5.56 Å². The molecule has 22 heavy (non-hydrogen) atoms. The zero-order valence-electron chi connectivity index (χ0n) is 12.6. The van der Waals surface area contributed by atoms with E-state index in [1.165, 1.54) is 10.4 Å². The summed E-state index contributed by atoms with van der Waals surface area (Å²) in [7, 11) is -3.89. The number of hydrogen-bond acceptors (Lipinski definition) is 3. The van der Waals surface area contributed by atoms with E-state index in [0.717, 1.165) is 37.8 Å². The van der Waals surface area contributed by atoms with Crippen molar-refractivity contribution in [3.8, 4) is 0 Å². The number of nitrogens with one attached hydrogen (secondary N) is 1. The molecule has 1 aliphatic rings. The van der Waals surface area contributed by atoms with Crippen molar-refractivity contribution in [1.82, 2.24) is 9.62 Å². The molecule has 1 aliphatic heterocycles. The number of benzene rings is 1.